The lowest BCUT2D eigenvalue weighted by Gasteiger charge is -2.36. The summed E-state index contributed by atoms with van der Waals surface area (Å²) in [6.07, 6.45) is -0.164. The summed E-state index contributed by atoms with van der Waals surface area (Å²) in [6.45, 7) is 2.06. The minimum absolute atomic E-state index is 0.0272. The van der Waals surface area contributed by atoms with Crippen LogP contribution in [0.2, 0.25) is 0 Å². The van der Waals surface area contributed by atoms with E-state index in [1.807, 2.05) is 110 Å². The smallest absolute Gasteiger partial charge is 0.241 e. The zero-order valence-corrected chi connectivity index (χ0v) is 33.2. The van der Waals surface area contributed by atoms with Crippen LogP contribution in [0.25, 0.3) is 11.1 Å². The second-order valence-electron chi connectivity index (χ2n) is 14.0. The van der Waals surface area contributed by atoms with Crippen LogP contribution in [0.5, 0.6) is 0 Å². The average molecular weight is 805 g/mol. The van der Waals surface area contributed by atoms with Crippen LogP contribution >= 0.6 is 11.8 Å². The van der Waals surface area contributed by atoms with Crippen molar-refractivity contribution in [3.8, 4) is 11.1 Å². The highest BCUT2D eigenvalue weighted by atomic mass is 32.2. The molecule has 0 spiro atoms. The van der Waals surface area contributed by atoms with Crippen LogP contribution in [-0.4, -0.2) is 57.5 Å². The van der Waals surface area contributed by atoms with Crippen molar-refractivity contribution in [3.63, 3.8) is 0 Å². The van der Waals surface area contributed by atoms with E-state index in [1.54, 1.807) is 23.9 Å². The van der Waals surface area contributed by atoms with Crippen LogP contribution in [-0.2, 0) is 50.9 Å². The molecule has 0 saturated carbocycles. The van der Waals surface area contributed by atoms with E-state index in [9.17, 15) is 18.3 Å². The number of aliphatic hydroxyl groups is 1. The van der Waals surface area contributed by atoms with Gasteiger partial charge >= 0.3 is 0 Å². The Labute approximate surface area is 336 Å². The Balaban J connectivity index is 1.03. The minimum atomic E-state index is -3.96. The van der Waals surface area contributed by atoms with Gasteiger partial charge in [-0.3, -0.25) is 4.79 Å². The van der Waals surface area contributed by atoms with Gasteiger partial charge in [0.05, 0.1) is 23.7 Å². The Bertz CT molecular complexity index is 2360. The molecular weight excluding hydrogens is 761 g/mol. The number of aromatic nitrogens is 4. The molecule has 3 N–H and O–H groups in total. The van der Waals surface area contributed by atoms with Gasteiger partial charge in [0.15, 0.2) is 6.29 Å². The van der Waals surface area contributed by atoms with Crippen molar-refractivity contribution in [2.24, 2.45) is 7.05 Å². The molecule has 1 fully saturated rings. The van der Waals surface area contributed by atoms with Crippen LogP contribution in [0.3, 0.4) is 0 Å². The maximum atomic E-state index is 13.6. The second-order valence-corrected chi connectivity index (χ2v) is 16.7. The van der Waals surface area contributed by atoms with Crippen molar-refractivity contribution in [3.05, 3.63) is 161 Å². The molecule has 5 aromatic carbocycles. The Kier molecular flexibility index (Phi) is 12.9. The number of tetrazole rings is 1. The van der Waals surface area contributed by atoms with Gasteiger partial charge in [-0.05, 0) is 75.4 Å². The standard InChI is InChI=1S/C43H44N6O6S2/c1-29-11-21-38(22-12-29)57(52,53)46-39(24-30-7-4-3-5-8-30)41(51)44-26-32-9-6-10-36(23-32)33-17-19-35(20-18-33)42-54-37(28-56-43-45-47-48-49(43)2)25-40(55-42)34-15-13-31(27-50)14-16-34/h3-23,37,39-40,42,46,50H,24-28H2,1-2H3,(H,44,51)/t37-,39+,40+,42+/m0/s1. The predicted molar refractivity (Wildman–Crippen MR) is 217 cm³/mol. The lowest BCUT2D eigenvalue weighted by Crippen LogP contribution is -2.47. The third-order valence-corrected chi connectivity index (χ3v) is 12.4. The molecule has 0 unspecified atom stereocenters. The number of nitrogens with zero attached hydrogens (tertiary/aromatic N) is 4. The number of amides is 1. The van der Waals surface area contributed by atoms with Gasteiger partial charge in [0.25, 0.3) is 0 Å². The van der Waals surface area contributed by atoms with Crippen LogP contribution in [0.1, 0.15) is 52.2 Å². The second kappa shape index (κ2) is 18.4. The Morgan fingerprint density at radius 3 is 2.28 bits per heavy atom. The van der Waals surface area contributed by atoms with Crippen LogP contribution in [0.15, 0.2) is 137 Å². The van der Waals surface area contributed by atoms with Gasteiger partial charge in [0.2, 0.25) is 21.1 Å². The molecular formula is C43H44N6O6S2. The van der Waals surface area contributed by atoms with E-state index in [2.05, 4.69) is 25.6 Å². The van der Waals surface area contributed by atoms with E-state index in [1.165, 1.54) is 23.9 Å². The molecule has 1 saturated heterocycles. The number of aliphatic hydroxyl groups excluding tert-OH is 1. The van der Waals surface area contributed by atoms with Gasteiger partial charge in [-0.2, -0.15) is 4.72 Å². The summed E-state index contributed by atoms with van der Waals surface area (Å²) in [7, 11) is -2.16. The van der Waals surface area contributed by atoms with Gasteiger partial charge < -0.3 is 19.9 Å². The van der Waals surface area contributed by atoms with E-state index in [-0.39, 0.29) is 36.7 Å². The first kappa shape index (κ1) is 40.0. The van der Waals surface area contributed by atoms with Crippen molar-refractivity contribution < 1.29 is 27.8 Å². The molecule has 0 radical (unpaired) electrons. The van der Waals surface area contributed by atoms with Crippen LogP contribution in [0, 0.1) is 6.92 Å². The lowest BCUT2D eigenvalue weighted by molar-refractivity contribution is -0.245. The molecule has 57 heavy (non-hydrogen) atoms. The number of thioether (sulfide) groups is 1. The molecule has 6 aromatic rings. The third kappa shape index (κ3) is 10.4. The fourth-order valence-electron chi connectivity index (χ4n) is 6.55. The topological polar surface area (TPSA) is 158 Å². The first-order valence-corrected chi connectivity index (χ1v) is 21.1. The number of hydrogen-bond acceptors (Lipinski definition) is 10. The summed E-state index contributed by atoms with van der Waals surface area (Å²) in [5.41, 5.74) is 7.25. The molecule has 1 aromatic heterocycles. The summed E-state index contributed by atoms with van der Waals surface area (Å²) >= 11 is 1.53. The van der Waals surface area contributed by atoms with Gasteiger partial charge in [-0.1, -0.05) is 127 Å². The number of aryl methyl sites for hydroxylation is 2. The summed E-state index contributed by atoms with van der Waals surface area (Å²) in [4.78, 5) is 13.7. The SMILES string of the molecule is Cc1ccc(S(=O)(=O)N[C@H](Cc2ccccc2)C(=O)NCc2cccc(-c3ccc([C@@H]4O[C@H](CSc5nnnn5C)C[C@H](c5ccc(CO)cc5)O4)cc3)c2)cc1. The monoisotopic (exact) mass is 804 g/mol. The maximum Gasteiger partial charge on any atom is 0.241 e. The first-order valence-electron chi connectivity index (χ1n) is 18.6. The van der Waals surface area contributed by atoms with Crippen molar-refractivity contribution >= 4 is 27.7 Å². The molecule has 7 rings (SSSR count). The molecule has 14 heteroatoms. The number of carbonyl (C=O) groups excluding carboxylic acids is 1. The lowest BCUT2D eigenvalue weighted by atomic mass is 9.99. The van der Waals surface area contributed by atoms with E-state index < -0.39 is 28.3 Å². The summed E-state index contributed by atoms with van der Waals surface area (Å²) in [6, 6.07) is 38.5. The summed E-state index contributed by atoms with van der Waals surface area (Å²) in [5, 5.41) is 25.0. The first-order chi connectivity index (χ1) is 27.6. The number of carbonyl (C=O) groups is 1. The maximum absolute atomic E-state index is 13.6. The predicted octanol–water partition coefficient (Wildman–Crippen LogP) is 6.22. The largest absolute Gasteiger partial charge is 0.392 e. The Morgan fingerprint density at radius 1 is 0.860 bits per heavy atom. The zero-order chi connectivity index (χ0) is 39.8. The normalized spacial score (nSPS) is 17.6. The number of nitrogens with one attached hydrogen (secondary N) is 2. The zero-order valence-electron chi connectivity index (χ0n) is 31.6. The van der Waals surface area contributed by atoms with Crippen LogP contribution in [0.4, 0.5) is 0 Å². The molecule has 4 atom stereocenters. The van der Waals surface area contributed by atoms with Crippen molar-refractivity contribution in [1.29, 1.82) is 0 Å². The summed E-state index contributed by atoms with van der Waals surface area (Å²) < 4.78 is 44.0. The molecule has 1 amide bonds. The van der Waals surface area contributed by atoms with Crippen molar-refractivity contribution in [1.82, 2.24) is 30.2 Å². The van der Waals surface area contributed by atoms with Gasteiger partial charge in [-0.15, -0.1) is 5.10 Å². The van der Waals surface area contributed by atoms with Gasteiger partial charge in [0, 0.05) is 31.3 Å². The molecule has 1 aliphatic rings. The third-order valence-electron chi connectivity index (χ3n) is 9.73. The molecule has 12 nitrogen and oxygen atoms in total. The molecule has 0 bridgehead atoms. The van der Waals surface area contributed by atoms with Crippen molar-refractivity contribution in [2.75, 3.05) is 5.75 Å². The number of sulfonamides is 1. The highest BCUT2D eigenvalue weighted by Gasteiger charge is 2.33. The fraction of sp³-hybridized carbons (Fsp3) is 0.256. The molecule has 2 heterocycles. The Morgan fingerprint density at radius 2 is 1.58 bits per heavy atom. The quantitative estimate of drug-likeness (QED) is 0.102. The number of rotatable bonds is 15. The van der Waals surface area contributed by atoms with E-state index in [0.29, 0.717) is 17.3 Å². The number of benzene rings is 5. The Hall–Kier alpha value is -5.22. The highest BCUT2D eigenvalue weighted by Crippen LogP contribution is 2.39. The molecule has 1 aliphatic heterocycles. The molecule has 294 valence electrons. The fourth-order valence-corrected chi connectivity index (χ4v) is 8.61. The van der Waals surface area contributed by atoms with Crippen LogP contribution < -0.4 is 10.0 Å². The summed E-state index contributed by atoms with van der Waals surface area (Å²) in [5.74, 6) is 0.205. The van der Waals surface area contributed by atoms with Crippen molar-refractivity contribution in [2.45, 2.75) is 67.5 Å². The van der Waals surface area contributed by atoms with E-state index in [4.69, 9.17) is 9.47 Å². The van der Waals surface area contributed by atoms with E-state index >= 15 is 0 Å². The van der Waals surface area contributed by atoms with Gasteiger partial charge in [-0.25, -0.2) is 13.1 Å². The number of ether oxygens (including phenoxy) is 2. The average Bonchev–Trinajstić information content (AvgIpc) is 3.66. The van der Waals surface area contributed by atoms with E-state index in [0.717, 1.165) is 44.5 Å². The minimum Gasteiger partial charge on any atom is -0.392 e. The number of hydrogen-bond donors (Lipinski definition) is 3. The molecule has 0 aliphatic carbocycles. The van der Waals surface area contributed by atoms with Gasteiger partial charge in [0.1, 0.15) is 6.04 Å². The highest BCUT2D eigenvalue weighted by molar-refractivity contribution is 7.99.